The molecule has 0 aliphatic rings. The second-order valence-corrected chi connectivity index (χ2v) is 13.1. The van der Waals surface area contributed by atoms with Crippen molar-refractivity contribution in [2.45, 2.75) is 40.0 Å². The molecule has 4 rings (SSSR count). The van der Waals surface area contributed by atoms with Gasteiger partial charge in [-0.2, -0.15) is 0 Å². The van der Waals surface area contributed by atoms with Crippen molar-refractivity contribution in [2.75, 3.05) is 0 Å². The molecule has 3 heteroatoms. The van der Waals surface area contributed by atoms with Crippen LogP contribution in [-0.4, -0.2) is 17.6 Å². The summed E-state index contributed by atoms with van der Waals surface area (Å²) in [5, 5.41) is 4.08. The number of para-hydroxylation sites is 2. The Bertz CT molecular complexity index is 1120. The first-order chi connectivity index (χ1) is 12.4. The van der Waals surface area contributed by atoms with E-state index in [1.807, 2.05) is 0 Å². The molecule has 0 aliphatic carbocycles. The van der Waals surface area contributed by atoms with Gasteiger partial charge in [-0.1, -0.05) is 56.0 Å². The van der Waals surface area contributed by atoms with Gasteiger partial charge < -0.3 is 4.57 Å². The van der Waals surface area contributed by atoms with Gasteiger partial charge in [-0.05, 0) is 36.7 Å². The van der Waals surface area contributed by atoms with E-state index in [1.165, 1.54) is 38.1 Å². The summed E-state index contributed by atoms with van der Waals surface area (Å²) in [5.41, 5.74) is 6.26. The van der Waals surface area contributed by atoms with Crippen molar-refractivity contribution in [2.24, 2.45) is 0 Å². The Kier molecular flexibility index (Phi) is 4.00. The van der Waals surface area contributed by atoms with Crippen LogP contribution in [0.3, 0.4) is 0 Å². The number of hydrogen-bond acceptors (Lipinski definition) is 1. The SMILES string of the molecule is CCn1c2ccccc2c2cccc(-c3cc(C)c([Si](C)(C)C)cn3)c21. The number of aromatic nitrogens is 2. The number of pyridine rings is 1. The van der Waals surface area contributed by atoms with Crippen LogP contribution in [0.4, 0.5) is 0 Å². The average molecular weight is 359 g/mol. The molecule has 0 atom stereocenters. The number of rotatable bonds is 3. The van der Waals surface area contributed by atoms with Gasteiger partial charge in [-0.3, -0.25) is 4.98 Å². The molecule has 132 valence electrons. The quantitative estimate of drug-likeness (QED) is 0.428. The molecule has 0 unspecified atom stereocenters. The van der Waals surface area contributed by atoms with E-state index in [2.05, 4.69) is 92.8 Å². The first-order valence-corrected chi connectivity index (χ1v) is 12.9. The molecule has 2 aromatic heterocycles. The molecular formula is C23H26N2Si. The minimum atomic E-state index is -1.37. The van der Waals surface area contributed by atoms with E-state index in [0.717, 1.165) is 12.2 Å². The van der Waals surface area contributed by atoms with Crippen molar-refractivity contribution in [3.05, 3.63) is 60.3 Å². The predicted molar refractivity (Wildman–Crippen MR) is 116 cm³/mol. The van der Waals surface area contributed by atoms with E-state index in [9.17, 15) is 0 Å². The summed E-state index contributed by atoms with van der Waals surface area (Å²) in [7, 11) is -1.37. The van der Waals surface area contributed by atoms with Gasteiger partial charge in [0.15, 0.2) is 0 Å². The molecular weight excluding hydrogens is 332 g/mol. The number of nitrogens with zero attached hydrogens (tertiary/aromatic N) is 2. The molecule has 26 heavy (non-hydrogen) atoms. The first-order valence-electron chi connectivity index (χ1n) is 9.39. The molecule has 0 bridgehead atoms. The van der Waals surface area contributed by atoms with E-state index >= 15 is 0 Å². The van der Waals surface area contributed by atoms with Crippen LogP contribution < -0.4 is 5.19 Å². The van der Waals surface area contributed by atoms with Crippen LogP contribution >= 0.6 is 0 Å². The molecule has 2 nitrogen and oxygen atoms in total. The Labute approximate surface area is 156 Å². The second kappa shape index (κ2) is 6.10. The smallest absolute Gasteiger partial charge is 0.0799 e. The van der Waals surface area contributed by atoms with Crippen molar-refractivity contribution >= 4 is 35.1 Å². The summed E-state index contributed by atoms with van der Waals surface area (Å²) in [6.07, 6.45) is 2.12. The predicted octanol–water partition coefficient (Wildman–Crippen LogP) is 5.73. The van der Waals surface area contributed by atoms with Crippen LogP contribution in [0.25, 0.3) is 33.1 Å². The summed E-state index contributed by atoms with van der Waals surface area (Å²) >= 11 is 0. The summed E-state index contributed by atoms with van der Waals surface area (Å²) in [6.45, 7) is 12.5. The van der Waals surface area contributed by atoms with E-state index in [1.54, 1.807) is 0 Å². The lowest BCUT2D eigenvalue weighted by molar-refractivity contribution is 0.827. The van der Waals surface area contributed by atoms with Crippen LogP contribution in [0.2, 0.25) is 19.6 Å². The summed E-state index contributed by atoms with van der Waals surface area (Å²) < 4.78 is 2.42. The van der Waals surface area contributed by atoms with Gasteiger partial charge in [-0.25, -0.2) is 0 Å². The maximum absolute atomic E-state index is 4.89. The Hall–Kier alpha value is -2.39. The monoisotopic (exact) mass is 358 g/mol. The first kappa shape index (κ1) is 17.0. The van der Waals surface area contributed by atoms with Gasteiger partial charge in [0.25, 0.3) is 0 Å². The van der Waals surface area contributed by atoms with Crippen molar-refractivity contribution < 1.29 is 0 Å². The summed E-state index contributed by atoms with van der Waals surface area (Å²) in [6, 6.07) is 17.6. The Balaban J connectivity index is 2.03. The second-order valence-electron chi connectivity index (χ2n) is 8.10. The lowest BCUT2D eigenvalue weighted by Gasteiger charge is -2.19. The van der Waals surface area contributed by atoms with Gasteiger partial charge in [-0.15, -0.1) is 0 Å². The molecule has 0 radical (unpaired) electrons. The minimum Gasteiger partial charge on any atom is -0.340 e. The molecule has 4 aromatic rings. The highest BCUT2D eigenvalue weighted by Gasteiger charge is 2.20. The van der Waals surface area contributed by atoms with Crippen LogP contribution in [0.5, 0.6) is 0 Å². The molecule has 0 saturated heterocycles. The molecule has 2 heterocycles. The van der Waals surface area contributed by atoms with Crippen molar-refractivity contribution in [3.8, 4) is 11.3 Å². The van der Waals surface area contributed by atoms with Gasteiger partial charge in [0.2, 0.25) is 0 Å². The molecule has 0 spiro atoms. The van der Waals surface area contributed by atoms with Crippen molar-refractivity contribution in [1.29, 1.82) is 0 Å². The van der Waals surface area contributed by atoms with Crippen molar-refractivity contribution in [1.82, 2.24) is 9.55 Å². The van der Waals surface area contributed by atoms with Crippen LogP contribution in [0.1, 0.15) is 12.5 Å². The van der Waals surface area contributed by atoms with E-state index in [4.69, 9.17) is 4.98 Å². The zero-order valence-corrected chi connectivity index (χ0v) is 17.3. The topological polar surface area (TPSA) is 17.8 Å². The fourth-order valence-corrected chi connectivity index (χ4v) is 5.84. The molecule has 0 amide bonds. The molecule has 2 aromatic carbocycles. The largest absolute Gasteiger partial charge is 0.340 e. The molecule has 0 saturated carbocycles. The fraction of sp³-hybridized carbons (Fsp3) is 0.261. The number of aryl methyl sites for hydroxylation is 2. The molecule has 0 fully saturated rings. The third-order valence-electron chi connectivity index (χ3n) is 5.30. The Morgan fingerprint density at radius 2 is 1.69 bits per heavy atom. The standard InChI is InChI=1S/C23H26N2Si/c1-6-25-21-13-8-7-10-17(21)18-11-9-12-19(23(18)25)20-14-16(2)22(15-24-20)26(3,4)5/h7-15H,6H2,1-5H3. The third kappa shape index (κ3) is 2.58. The summed E-state index contributed by atoms with van der Waals surface area (Å²) in [4.78, 5) is 4.89. The van der Waals surface area contributed by atoms with E-state index in [-0.39, 0.29) is 0 Å². The lowest BCUT2D eigenvalue weighted by Crippen LogP contribution is -2.39. The zero-order chi connectivity index (χ0) is 18.5. The summed E-state index contributed by atoms with van der Waals surface area (Å²) in [5.74, 6) is 0. The third-order valence-corrected chi connectivity index (χ3v) is 7.44. The number of hydrogen-bond donors (Lipinski definition) is 0. The number of fused-ring (bicyclic) bond motifs is 3. The number of benzene rings is 2. The minimum absolute atomic E-state index is 0.951. The van der Waals surface area contributed by atoms with Crippen LogP contribution in [0.15, 0.2) is 54.7 Å². The van der Waals surface area contributed by atoms with E-state index < -0.39 is 8.07 Å². The Morgan fingerprint density at radius 3 is 2.38 bits per heavy atom. The van der Waals surface area contributed by atoms with Crippen LogP contribution in [0, 0.1) is 6.92 Å². The molecule has 0 N–H and O–H groups in total. The Morgan fingerprint density at radius 1 is 0.962 bits per heavy atom. The zero-order valence-electron chi connectivity index (χ0n) is 16.3. The van der Waals surface area contributed by atoms with Gasteiger partial charge >= 0.3 is 0 Å². The normalized spacial score (nSPS) is 12.2. The highest BCUT2D eigenvalue weighted by molar-refractivity contribution is 6.89. The van der Waals surface area contributed by atoms with Gasteiger partial charge in [0.05, 0.1) is 19.3 Å². The molecule has 0 aliphatic heterocycles. The average Bonchev–Trinajstić information content (AvgIpc) is 2.94. The maximum atomic E-state index is 4.89. The van der Waals surface area contributed by atoms with Gasteiger partial charge in [0.1, 0.15) is 0 Å². The highest BCUT2D eigenvalue weighted by atomic mass is 28.3. The van der Waals surface area contributed by atoms with Crippen LogP contribution in [-0.2, 0) is 6.54 Å². The van der Waals surface area contributed by atoms with Crippen molar-refractivity contribution in [3.63, 3.8) is 0 Å². The van der Waals surface area contributed by atoms with Gasteiger partial charge in [0, 0.05) is 34.6 Å². The van der Waals surface area contributed by atoms with E-state index in [0.29, 0.717) is 0 Å². The highest BCUT2D eigenvalue weighted by Crippen LogP contribution is 2.35. The maximum Gasteiger partial charge on any atom is 0.0799 e. The fourth-order valence-electron chi connectivity index (χ4n) is 4.13. The lowest BCUT2D eigenvalue weighted by atomic mass is 10.0.